The highest BCUT2D eigenvalue weighted by Gasteiger charge is 2.24. The molecular weight excluding hydrogens is 336 g/mol. The van der Waals surface area contributed by atoms with Crippen LogP contribution in [0.2, 0.25) is 0 Å². The number of aromatic amines is 1. The molecule has 1 saturated heterocycles. The third kappa shape index (κ3) is 3.98. The van der Waals surface area contributed by atoms with Crippen molar-refractivity contribution in [2.75, 3.05) is 25.0 Å². The first-order valence-electron chi connectivity index (χ1n) is 9.65. The molecule has 0 aliphatic carbocycles. The molecule has 1 fully saturated rings. The smallest absolute Gasteiger partial charge is 0.270 e. The van der Waals surface area contributed by atoms with E-state index in [9.17, 15) is 4.79 Å². The lowest BCUT2D eigenvalue weighted by Crippen LogP contribution is -2.42. The number of nitrogens with one attached hydrogen (secondary N) is 2. The fourth-order valence-corrected chi connectivity index (χ4v) is 3.76. The molecule has 140 valence electrons. The Morgan fingerprint density at radius 3 is 2.56 bits per heavy atom. The van der Waals surface area contributed by atoms with E-state index >= 15 is 0 Å². The fraction of sp³-hybridized carbons (Fsp3) is 0.318. The monoisotopic (exact) mass is 362 g/mol. The highest BCUT2D eigenvalue weighted by Crippen LogP contribution is 2.21. The van der Waals surface area contributed by atoms with Crippen molar-refractivity contribution in [2.24, 2.45) is 5.73 Å². The van der Waals surface area contributed by atoms with E-state index in [4.69, 9.17) is 5.73 Å². The Balaban J connectivity index is 1.33. The van der Waals surface area contributed by atoms with Crippen LogP contribution < -0.4 is 11.1 Å². The molecule has 2 aromatic carbocycles. The molecule has 0 atom stereocenters. The van der Waals surface area contributed by atoms with Crippen LogP contribution in [-0.4, -0.2) is 41.5 Å². The number of aromatic nitrogens is 1. The summed E-state index contributed by atoms with van der Waals surface area (Å²) in [7, 11) is 0. The molecule has 27 heavy (non-hydrogen) atoms. The average Bonchev–Trinajstić information content (AvgIpc) is 3.14. The number of hydrogen-bond donors (Lipinski definition) is 3. The first kappa shape index (κ1) is 17.6. The van der Waals surface area contributed by atoms with Crippen LogP contribution in [0, 0.1) is 0 Å². The second-order valence-corrected chi connectivity index (χ2v) is 7.22. The van der Waals surface area contributed by atoms with Gasteiger partial charge in [-0.15, -0.1) is 0 Å². The van der Waals surface area contributed by atoms with Crippen molar-refractivity contribution in [2.45, 2.75) is 25.3 Å². The van der Waals surface area contributed by atoms with Crippen LogP contribution in [-0.2, 0) is 6.42 Å². The Morgan fingerprint density at radius 1 is 1.11 bits per heavy atom. The summed E-state index contributed by atoms with van der Waals surface area (Å²) in [6, 6.07) is 18.8. The van der Waals surface area contributed by atoms with E-state index in [0.29, 0.717) is 18.3 Å². The van der Waals surface area contributed by atoms with Crippen LogP contribution in [0.25, 0.3) is 10.9 Å². The zero-order valence-electron chi connectivity index (χ0n) is 15.4. The lowest BCUT2D eigenvalue weighted by atomic mass is 10.0. The van der Waals surface area contributed by atoms with E-state index in [-0.39, 0.29) is 5.91 Å². The highest BCUT2D eigenvalue weighted by molar-refractivity contribution is 5.98. The zero-order valence-corrected chi connectivity index (χ0v) is 15.4. The van der Waals surface area contributed by atoms with Crippen molar-refractivity contribution < 1.29 is 4.79 Å². The SMILES string of the molecule is NCCc1ccc(NC2CCN(C(=O)c3cc4ccccc4[nH]3)CC2)cc1. The number of rotatable bonds is 5. The van der Waals surface area contributed by atoms with Crippen molar-refractivity contribution in [3.63, 3.8) is 0 Å². The molecule has 0 bridgehead atoms. The van der Waals surface area contributed by atoms with Crippen molar-refractivity contribution >= 4 is 22.5 Å². The lowest BCUT2D eigenvalue weighted by molar-refractivity contribution is 0.0713. The zero-order chi connectivity index (χ0) is 18.6. The topological polar surface area (TPSA) is 74.2 Å². The molecule has 4 rings (SSSR count). The third-order valence-electron chi connectivity index (χ3n) is 5.30. The number of amides is 1. The van der Waals surface area contributed by atoms with Crippen molar-refractivity contribution in [3.05, 3.63) is 65.9 Å². The van der Waals surface area contributed by atoms with Crippen LogP contribution in [0.5, 0.6) is 0 Å². The normalized spacial score (nSPS) is 15.2. The summed E-state index contributed by atoms with van der Waals surface area (Å²) in [4.78, 5) is 18.0. The molecule has 2 heterocycles. The van der Waals surface area contributed by atoms with E-state index in [0.717, 1.165) is 48.9 Å². The van der Waals surface area contributed by atoms with Gasteiger partial charge in [0.1, 0.15) is 5.69 Å². The van der Waals surface area contributed by atoms with Crippen LogP contribution in [0.4, 0.5) is 5.69 Å². The van der Waals surface area contributed by atoms with Crippen LogP contribution in [0.1, 0.15) is 28.9 Å². The molecule has 0 saturated carbocycles. The second-order valence-electron chi connectivity index (χ2n) is 7.22. The lowest BCUT2D eigenvalue weighted by Gasteiger charge is -2.32. The van der Waals surface area contributed by atoms with Crippen molar-refractivity contribution in [3.8, 4) is 0 Å². The Morgan fingerprint density at radius 2 is 1.85 bits per heavy atom. The minimum Gasteiger partial charge on any atom is -0.382 e. The maximum atomic E-state index is 12.8. The number of carbonyl (C=O) groups excluding carboxylic acids is 1. The minimum absolute atomic E-state index is 0.0933. The van der Waals surface area contributed by atoms with Crippen molar-refractivity contribution in [1.29, 1.82) is 0 Å². The van der Waals surface area contributed by atoms with Gasteiger partial charge < -0.3 is 20.9 Å². The summed E-state index contributed by atoms with van der Waals surface area (Å²) >= 11 is 0. The molecule has 1 aliphatic heterocycles. The number of H-pyrrole nitrogens is 1. The van der Waals surface area contributed by atoms with Gasteiger partial charge in [0.15, 0.2) is 0 Å². The maximum Gasteiger partial charge on any atom is 0.270 e. The predicted octanol–water partition coefficient (Wildman–Crippen LogP) is 3.39. The number of benzene rings is 2. The average molecular weight is 362 g/mol. The summed E-state index contributed by atoms with van der Waals surface area (Å²) in [5.74, 6) is 0.0933. The van der Waals surface area contributed by atoms with E-state index in [1.54, 1.807) is 0 Å². The molecular formula is C22H26N4O. The van der Waals surface area contributed by atoms with Gasteiger partial charge in [-0.25, -0.2) is 0 Å². The summed E-state index contributed by atoms with van der Waals surface area (Å²) in [6.07, 6.45) is 2.82. The number of nitrogens with zero attached hydrogens (tertiary/aromatic N) is 1. The van der Waals surface area contributed by atoms with E-state index < -0.39 is 0 Å². The Hall–Kier alpha value is -2.79. The number of fused-ring (bicyclic) bond motifs is 1. The van der Waals surface area contributed by atoms with Crippen LogP contribution in [0.3, 0.4) is 0 Å². The van der Waals surface area contributed by atoms with Gasteiger partial charge in [0.05, 0.1) is 0 Å². The number of hydrogen-bond acceptors (Lipinski definition) is 3. The van der Waals surface area contributed by atoms with E-state index in [1.165, 1.54) is 5.56 Å². The first-order valence-corrected chi connectivity index (χ1v) is 9.65. The maximum absolute atomic E-state index is 12.8. The molecule has 4 N–H and O–H groups in total. The van der Waals surface area contributed by atoms with Crippen molar-refractivity contribution in [1.82, 2.24) is 9.88 Å². The number of likely N-dealkylation sites (tertiary alicyclic amines) is 1. The van der Waals surface area contributed by atoms with E-state index in [2.05, 4.69) is 34.6 Å². The summed E-state index contributed by atoms with van der Waals surface area (Å²) in [5.41, 5.74) is 9.69. The first-order chi connectivity index (χ1) is 13.2. The standard InChI is InChI=1S/C22H26N4O/c23-12-9-16-5-7-18(8-6-16)24-19-10-13-26(14-11-19)22(27)21-15-17-3-1-2-4-20(17)25-21/h1-8,15,19,24-25H,9-14,23H2. The van der Waals surface area contributed by atoms with Gasteiger partial charge in [-0.3, -0.25) is 4.79 Å². The Kier molecular flexibility index (Phi) is 5.12. The molecule has 0 unspecified atom stereocenters. The molecule has 1 amide bonds. The van der Waals surface area contributed by atoms with E-state index in [1.807, 2.05) is 35.2 Å². The number of para-hydroxylation sites is 1. The largest absolute Gasteiger partial charge is 0.382 e. The van der Waals surface area contributed by atoms with Gasteiger partial charge in [-0.1, -0.05) is 30.3 Å². The van der Waals surface area contributed by atoms with Crippen LogP contribution >= 0.6 is 0 Å². The summed E-state index contributed by atoms with van der Waals surface area (Å²) in [5, 5.41) is 4.67. The van der Waals surface area contributed by atoms with Gasteiger partial charge in [0.2, 0.25) is 0 Å². The number of anilines is 1. The molecule has 1 aromatic heterocycles. The number of nitrogens with two attached hydrogens (primary N) is 1. The predicted molar refractivity (Wildman–Crippen MR) is 110 cm³/mol. The van der Waals surface area contributed by atoms with Gasteiger partial charge in [-0.05, 0) is 55.6 Å². The van der Waals surface area contributed by atoms with Gasteiger partial charge in [0, 0.05) is 35.7 Å². The molecule has 1 aliphatic rings. The number of carbonyl (C=O) groups is 1. The van der Waals surface area contributed by atoms with Gasteiger partial charge >= 0.3 is 0 Å². The number of piperidine rings is 1. The quantitative estimate of drug-likeness (QED) is 0.651. The molecule has 5 heteroatoms. The van der Waals surface area contributed by atoms with Crippen LogP contribution in [0.15, 0.2) is 54.6 Å². The fourth-order valence-electron chi connectivity index (χ4n) is 3.76. The summed E-state index contributed by atoms with van der Waals surface area (Å²) in [6.45, 7) is 2.23. The Bertz CT molecular complexity index is 874. The molecule has 0 spiro atoms. The third-order valence-corrected chi connectivity index (χ3v) is 5.30. The molecule has 5 nitrogen and oxygen atoms in total. The second kappa shape index (κ2) is 7.84. The Labute approximate surface area is 159 Å². The molecule has 3 aromatic rings. The van der Waals surface area contributed by atoms with Gasteiger partial charge in [0.25, 0.3) is 5.91 Å². The van der Waals surface area contributed by atoms with Gasteiger partial charge in [-0.2, -0.15) is 0 Å². The minimum atomic E-state index is 0.0933. The summed E-state index contributed by atoms with van der Waals surface area (Å²) < 4.78 is 0. The highest BCUT2D eigenvalue weighted by atomic mass is 16.2. The molecule has 0 radical (unpaired) electrons.